The Kier molecular flexibility index (Phi) is 4.74. The number of rotatable bonds is 4. The van der Waals surface area contributed by atoms with Crippen molar-refractivity contribution in [3.05, 3.63) is 17.0 Å². The highest BCUT2D eigenvalue weighted by Gasteiger charge is 2.44. The van der Waals surface area contributed by atoms with Crippen LogP contribution in [0.5, 0.6) is 0 Å². The molecule has 0 aliphatic carbocycles. The molecular formula is C11H13F3N2O4. The highest BCUT2D eigenvalue weighted by Crippen LogP contribution is 2.35. The molecule has 0 saturated heterocycles. The van der Waals surface area contributed by atoms with E-state index in [0.717, 1.165) is 7.05 Å². The predicted octanol–water partition coefficient (Wildman–Crippen LogP) is 1.79. The van der Waals surface area contributed by atoms with Crippen LogP contribution in [0.25, 0.3) is 0 Å². The molecule has 0 aromatic carbocycles. The quantitative estimate of drug-likeness (QED) is 0.792. The van der Waals surface area contributed by atoms with Crippen molar-refractivity contribution in [3.8, 4) is 0 Å². The van der Waals surface area contributed by atoms with E-state index in [4.69, 9.17) is 0 Å². The SMILES string of the molecule is CCOC(=O)c1nn(C)c(C(=O)OCC)c1C(F)(F)F. The molecule has 0 spiro atoms. The molecule has 0 aliphatic rings. The third kappa shape index (κ3) is 3.09. The van der Waals surface area contributed by atoms with E-state index in [-0.39, 0.29) is 13.2 Å². The summed E-state index contributed by atoms with van der Waals surface area (Å²) in [7, 11) is 1.12. The molecule has 0 aliphatic heterocycles. The van der Waals surface area contributed by atoms with Gasteiger partial charge in [-0.3, -0.25) is 4.68 Å². The normalized spacial score (nSPS) is 11.3. The van der Waals surface area contributed by atoms with Crippen LogP contribution in [0.15, 0.2) is 0 Å². The van der Waals surface area contributed by atoms with Gasteiger partial charge in [0, 0.05) is 7.05 Å². The van der Waals surface area contributed by atoms with Crippen LogP contribution in [0, 0.1) is 0 Å². The van der Waals surface area contributed by atoms with E-state index in [1.807, 2.05) is 0 Å². The van der Waals surface area contributed by atoms with Crippen LogP contribution in [-0.2, 0) is 22.7 Å². The number of halogens is 3. The third-order valence-corrected chi connectivity index (χ3v) is 2.27. The van der Waals surface area contributed by atoms with E-state index in [1.165, 1.54) is 13.8 Å². The number of aromatic nitrogens is 2. The first-order valence-electron chi connectivity index (χ1n) is 5.72. The van der Waals surface area contributed by atoms with Gasteiger partial charge in [0.2, 0.25) is 0 Å². The fourth-order valence-corrected chi connectivity index (χ4v) is 1.57. The molecule has 0 amide bonds. The van der Waals surface area contributed by atoms with Crippen molar-refractivity contribution in [1.82, 2.24) is 9.78 Å². The van der Waals surface area contributed by atoms with Gasteiger partial charge in [-0.25, -0.2) is 9.59 Å². The number of hydrogen-bond acceptors (Lipinski definition) is 5. The zero-order valence-electron chi connectivity index (χ0n) is 11.1. The average Bonchev–Trinajstić information content (AvgIpc) is 2.67. The Morgan fingerprint density at radius 2 is 1.65 bits per heavy atom. The number of ether oxygens (including phenoxy) is 2. The lowest BCUT2D eigenvalue weighted by atomic mass is 10.1. The van der Waals surface area contributed by atoms with Crippen LogP contribution >= 0.6 is 0 Å². The van der Waals surface area contributed by atoms with Gasteiger partial charge in [0.1, 0.15) is 5.56 Å². The summed E-state index contributed by atoms with van der Waals surface area (Å²) >= 11 is 0. The number of carbonyl (C=O) groups is 2. The molecule has 1 heterocycles. The fourth-order valence-electron chi connectivity index (χ4n) is 1.57. The summed E-state index contributed by atoms with van der Waals surface area (Å²) in [5.41, 5.74) is -3.23. The lowest BCUT2D eigenvalue weighted by Crippen LogP contribution is -2.19. The van der Waals surface area contributed by atoms with Gasteiger partial charge in [-0.15, -0.1) is 0 Å². The number of carbonyl (C=O) groups excluding carboxylic acids is 2. The molecule has 0 bridgehead atoms. The molecule has 6 nitrogen and oxygen atoms in total. The number of nitrogens with zero attached hydrogens (tertiary/aromatic N) is 2. The molecule has 20 heavy (non-hydrogen) atoms. The molecule has 1 aromatic rings. The first-order valence-corrected chi connectivity index (χ1v) is 5.72. The molecule has 1 aromatic heterocycles. The molecule has 9 heteroatoms. The summed E-state index contributed by atoms with van der Waals surface area (Å²) in [5.74, 6) is -2.45. The van der Waals surface area contributed by atoms with Gasteiger partial charge in [-0.05, 0) is 13.8 Å². The molecule has 0 fully saturated rings. The lowest BCUT2D eigenvalue weighted by Gasteiger charge is -2.09. The Morgan fingerprint density at radius 3 is 2.10 bits per heavy atom. The van der Waals surface area contributed by atoms with Gasteiger partial charge in [-0.2, -0.15) is 18.3 Å². The second-order valence-corrected chi connectivity index (χ2v) is 3.63. The van der Waals surface area contributed by atoms with E-state index in [2.05, 4.69) is 14.6 Å². The summed E-state index contributed by atoms with van der Waals surface area (Å²) in [6.45, 7) is 2.69. The first-order chi connectivity index (χ1) is 9.23. The summed E-state index contributed by atoms with van der Waals surface area (Å²) in [6, 6.07) is 0. The van der Waals surface area contributed by atoms with E-state index >= 15 is 0 Å². The number of aryl methyl sites for hydroxylation is 1. The zero-order chi connectivity index (χ0) is 15.5. The second kappa shape index (κ2) is 5.93. The van der Waals surface area contributed by atoms with Gasteiger partial charge in [0.25, 0.3) is 0 Å². The van der Waals surface area contributed by atoms with Crippen molar-refractivity contribution in [3.63, 3.8) is 0 Å². The van der Waals surface area contributed by atoms with Crippen LogP contribution in [0.4, 0.5) is 13.2 Å². The molecule has 0 saturated carbocycles. The van der Waals surface area contributed by atoms with Gasteiger partial charge >= 0.3 is 18.1 Å². The van der Waals surface area contributed by atoms with Crippen LogP contribution < -0.4 is 0 Å². The van der Waals surface area contributed by atoms with Crippen molar-refractivity contribution in [2.45, 2.75) is 20.0 Å². The summed E-state index contributed by atoms with van der Waals surface area (Å²) in [5, 5.41) is 3.42. The Labute approximate surface area is 112 Å². The van der Waals surface area contributed by atoms with E-state index < -0.39 is 35.1 Å². The fraction of sp³-hybridized carbons (Fsp3) is 0.545. The number of esters is 2. The minimum absolute atomic E-state index is 0.101. The molecule has 112 valence electrons. The van der Waals surface area contributed by atoms with Gasteiger partial charge in [-0.1, -0.05) is 0 Å². The highest BCUT2D eigenvalue weighted by atomic mass is 19.4. The van der Waals surface area contributed by atoms with Crippen molar-refractivity contribution in [2.75, 3.05) is 13.2 Å². The van der Waals surface area contributed by atoms with E-state index in [9.17, 15) is 22.8 Å². The van der Waals surface area contributed by atoms with Crippen molar-refractivity contribution in [1.29, 1.82) is 0 Å². The van der Waals surface area contributed by atoms with Gasteiger partial charge in [0.05, 0.1) is 13.2 Å². The second-order valence-electron chi connectivity index (χ2n) is 3.63. The van der Waals surface area contributed by atoms with Gasteiger partial charge in [0.15, 0.2) is 11.4 Å². The van der Waals surface area contributed by atoms with E-state index in [0.29, 0.717) is 4.68 Å². The number of hydrogen-bond donors (Lipinski definition) is 0. The molecule has 0 unspecified atom stereocenters. The number of alkyl halides is 3. The summed E-state index contributed by atoms with van der Waals surface area (Å²) in [4.78, 5) is 23.1. The average molecular weight is 294 g/mol. The van der Waals surface area contributed by atoms with E-state index in [1.54, 1.807) is 0 Å². The minimum atomic E-state index is -4.93. The highest BCUT2D eigenvalue weighted by molar-refractivity contribution is 5.96. The van der Waals surface area contributed by atoms with Crippen LogP contribution in [-0.4, -0.2) is 34.9 Å². The van der Waals surface area contributed by atoms with Crippen LogP contribution in [0.1, 0.15) is 40.4 Å². The summed E-state index contributed by atoms with van der Waals surface area (Å²) < 4.78 is 48.9. The Bertz CT molecular complexity index is 522. The maximum Gasteiger partial charge on any atom is 0.421 e. The van der Waals surface area contributed by atoms with Crippen LogP contribution in [0.3, 0.4) is 0 Å². The maximum atomic E-state index is 13.1. The Hall–Kier alpha value is -2.06. The monoisotopic (exact) mass is 294 g/mol. The summed E-state index contributed by atoms with van der Waals surface area (Å²) in [6.07, 6.45) is -4.93. The molecule has 0 radical (unpaired) electrons. The molecule has 0 N–H and O–H groups in total. The van der Waals surface area contributed by atoms with Crippen molar-refractivity contribution in [2.24, 2.45) is 7.05 Å². The molecule has 1 rings (SSSR count). The standard InChI is InChI=1S/C11H13F3N2O4/c1-4-19-9(17)7-6(11(12,13)14)8(16(3)15-7)10(18)20-5-2/h4-5H2,1-3H3. The third-order valence-electron chi connectivity index (χ3n) is 2.27. The molecular weight excluding hydrogens is 281 g/mol. The maximum absolute atomic E-state index is 13.1. The topological polar surface area (TPSA) is 70.4 Å². The Morgan fingerprint density at radius 1 is 1.15 bits per heavy atom. The van der Waals surface area contributed by atoms with Crippen molar-refractivity contribution < 1.29 is 32.2 Å². The largest absolute Gasteiger partial charge is 0.461 e. The van der Waals surface area contributed by atoms with Crippen molar-refractivity contribution >= 4 is 11.9 Å². The smallest absolute Gasteiger partial charge is 0.421 e. The zero-order valence-corrected chi connectivity index (χ0v) is 11.1. The molecule has 0 atom stereocenters. The van der Waals surface area contributed by atoms with Crippen LogP contribution in [0.2, 0.25) is 0 Å². The Balaban J connectivity index is 3.45. The van der Waals surface area contributed by atoms with Gasteiger partial charge < -0.3 is 9.47 Å². The minimum Gasteiger partial charge on any atom is -0.461 e. The lowest BCUT2D eigenvalue weighted by molar-refractivity contribution is -0.138. The predicted molar refractivity (Wildman–Crippen MR) is 60.1 cm³/mol. The first kappa shape index (κ1) is 16.0.